The monoisotopic (exact) mass is 343 g/mol. The maximum absolute atomic E-state index is 11.9. The van der Waals surface area contributed by atoms with E-state index in [-0.39, 0.29) is 0 Å². The van der Waals surface area contributed by atoms with Crippen molar-refractivity contribution in [1.29, 1.82) is 0 Å². The summed E-state index contributed by atoms with van der Waals surface area (Å²) in [5.74, 6) is 0.789. The van der Waals surface area contributed by atoms with Crippen LogP contribution in [-0.4, -0.2) is 32.7 Å². The van der Waals surface area contributed by atoms with Crippen LogP contribution in [0.3, 0.4) is 0 Å². The molecule has 2 rings (SSSR count). The van der Waals surface area contributed by atoms with Crippen molar-refractivity contribution in [3.05, 3.63) is 53.6 Å². The van der Waals surface area contributed by atoms with Crippen molar-refractivity contribution in [2.75, 3.05) is 26.5 Å². The number of rotatable bonds is 6. The van der Waals surface area contributed by atoms with Crippen LogP contribution in [0.1, 0.15) is 15.9 Å². The highest BCUT2D eigenvalue weighted by Crippen LogP contribution is 2.27. The van der Waals surface area contributed by atoms with Gasteiger partial charge >= 0.3 is 6.03 Å². The summed E-state index contributed by atoms with van der Waals surface area (Å²) in [6.45, 7) is 0.371. The molecule has 0 radical (unpaired) electrons. The zero-order chi connectivity index (χ0) is 18.2. The Morgan fingerprint density at radius 2 is 1.68 bits per heavy atom. The number of hydrogen-bond acceptors (Lipinski definition) is 5. The van der Waals surface area contributed by atoms with Crippen molar-refractivity contribution < 1.29 is 19.1 Å². The number of anilines is 1. The van der Waals surface area contributed by atoms with Crippen LogP contribution in [0.15, 0.2) is 42.5 Å². The minimum absolute atomic E-state index is 0.365. The highest BCUT2D eigenvalue weighted by atomic mass is 16.5. The van der Waals surface area contributed by atoms with E-state index in [9.17, 15) is 9.59 Å². The van der Waals surface area contributed by atoms with Gasteiger partial charge in [-0.25, -0.2) is 4.79 Å². The Morgan fingerprint density at radius 3 is 2.32 bits per heavy atom. The predicted octanol–water partition coefficient (Wildman–Crippen LogP) is 1.97. The van der Waals surface area contributed by atoms with E-state index < -0.39 is 11.9 Å². The minimum Gasteiger partial charge on any atom is -0.493 e. The third-order valence-corrected chi connectivity index (χ3v) is 3.55. The molecule has 2 aromatic rings. The molecule has 0 aliphatic rings. The van der Waals surface area contributed by atoms with E-state index in [4.69, 9.17) is 15.2 Å². The van der Waals surface area contributed by atoms with Gasteiger partial charge in [-0.05, 0) is 48.4 Å². The Bertz CT molecular complexity index is 744. The number of urea groups is 1. The molecule has 7 nitrogen and oxygen atoms in total. The van der Waals surface area contributed by atoms with Crippen molar-refractivity contribution in [3.8, 4) is 11.5 Å². The number of nitrogen functional groups attached to an aromatic ring is 1. The molecule has 0 atom stereocenters. The Balaban J connectivity index is 1.82. The summed E-state index contributed by atoms with van der Waals surface area (Å²) in [5, 5.41) is 4.91. The van der Waals surface area contributed by atoms with Crippen molar-refractivity contribution in [3.63, 3.8) is 0 Å². The van der Waals surface area contributed by atoms with Crippen molar-refractivity contribution in [1.82, 2.24) is 10.6 Å². The summed E-state index contributed by atoms with van der Waals surface area (Å²) in [6.07, 6.45) is 0.587. The predicted molar refractivity (Wildman–Crippen MR) is 95.0 cm³/mol. The first-order valence-corrected chi connectivity index (χ1v) is 7.69. The average molecular weight is 343 g/mol. The van der Waals surface area contributed by atoms with Gasteiger partial charge < -0.3 is 20.5 Å². The fraction of sp³-hybridized carbons (Fsp3) is 0.222. The molecule has 0 aliphatic carbocycles. The Labute approximate surface area is 146 Å². The second kappa shape index (κ2) is 8.58. The summed E-state index contributed by atoms with van der Waals surface area (Å²) >= 11 is 0. The van der Waals surface area contributed by atoms with Crippen LogP contribution in [0.5, 0.6) is 11.5 Å². The maximum atomic E-state index is 11.9. The van der Waals surface area contributed by atoms with E-state index in [1.165, 1.54) is 0 Å². The number of methoxy groups -OCH3 is 2. The van der Waals surface area contributed by atoms with Crippen LogP contribution < -0.4 is 25.8 Å². The van der Waals surface area contributed by atoms with Crippen LogP contribution in [0, 0.1) is 0 Å². The summed E-state index contributed by atoms with van der Waals surface area (Å²) in [4.78, 5) is 23.7. The molecule has 0 aliphatic heterocycles. The van der Waals surface area contributed by atoms with Gasteiger partial charge in [0.15, 0.2) is 11.5 Å². The Morgan fingerprint density at radius 1 is 1.00 bits per heavy atom. The standard InChI is InChI=1S/C18H21N3O4/c1-24-15-8-3-12(11-16(15)25-2)9-10-20-18(23)21-17(22)13-4-6-14(19)7-5-13/h3-8,11H,9-10,19H2,1-2H3,(H2,20,21,22,23). The second-order valence-corrected chi connectivity index (χ2v) is 5.27. The molecule has 132 valence electrons. The van der Waals surface area contributed by atoms with Gasteiger partial charge in [0, 0.05) is 17.8 Å². The highest BCUT2D eigenvalue weighted by Gasteiger charge is 2.10. The van der Waals surface area contributed by atoms with Crippen molar-refractivity contribution in [2.45, 2.75) is 6.42 Å². The summed E-state index contributed by atoms with van der Waals surface area (Å²) in [6, 6.07) is 11.3. The highest BCUT2D eigenvalue weighted by molar-refractivity contribution is 6.04. The molecule has 2 aromatic carbocycles. The lowest BCUT2D eigenvalue weighted by Gasteiger charge is -2.10. The summed E-state index contributed by atoms with van der Waals surface area (Å²) in [5.41, 5.74) is 7.45. The fourth-order valence-corrected chi connectivity index (χ4v) is 2.21. The van der Waals surface area contributed by atoms with Crippen LogP contribution >= 0.6 is 0 Å². The number of amides is 3. The van der Waals surface area contributed by atoms with E-state index in [1.54, 1.807) is 44.6 Å². The molecule has 7 heteroatoms. The first-order valence-electron chi connectivity index (χ1n) is 7.69. The lowest BCUT2D eigenvalue weighted by atomic mass is 10.1. The zero-order valence-electron chi connectivity index (χ0n) is 14.2. The SMILES string of the molecule is COc1ccc(CCNC(=O)NC(=O)c2ccc(N)cc2)cc1OC. The molecule has 0 saturated carbocycles. The molecule has 25 heavy (non-hydrogen) atoms. The topological polar surface area (TPSA) is 103 Å². The van der Waals surface area contributed by atoms with E-state index in [1.807, 2.05) is 12.1 Å². The number of imide groups is 1. The number of nitrogens with two attached hydrogens (primary N) is 1. The number of benzene rings is 2. The first kappa shape index (κ1) is 18.1. The van der Waals surface area contributed by atoms with Crippen molar-refractivity contribution in [2.24, 2.45) is 0 Å². The average Bonchev–Trinajstić information content (AvgIpc) is 2.62. The second-order valence-electron chi connectivity index (χ2n) is 5.27. The largest absolute Gasteiger partial charge is 0.493 e. The molecule has 4 N–H and O–H groups in total. The van der Waals surface area contributed by atoms with E-state index in [0.29, 0.717) is 35.7 Å². The molecule has 0 fully saturated rings. The molecule has 0 bridgehead atoms. The van der Waals surface area contributed by atoms with Crippen molar-refractivity contribution >= 4 is 17.6 Å². The van der Waals surface area contributed by atoms with Crippen LogP contribution in [-0.2, 0) is 6.42 Å². The summed E-state index contributed by atoms with van der Waals surface area (Å²) in [7, 11) is 3.14. The van der Waals surface area contributed by atoms with E-state index >= 15 is 0 Å². The Kier molecular flexibility index (Phi) is 6.22. The van der Waals surface area contributed by atoms with Crippen LogP contribution in [0.25, 0.3) is 0 Å². The van der Waals surface area contributed by atoms with Gasteiger partial charge in [0.1, 0.15) is 0 Å². The van der Waals surface area contributed by atoms with Crippen LogP contribution in [0.4, 0.5) is 10.5 Å². The smallest absolute Gasteiger partial charge is 0.321 e. The first-order chi connectivity index (χ1) is 12.0. The normalized spacial score (nSPS) is 10.0. The molecule has 0 aromatic heterocycles. The third-order valence-electron chi connectivity index (χ3n) is 3.55. The van der Waals surface area contributed by atoms with Crippen LogP contribution in [0.2, 0.25) is 0 Å². The quantitative estimate of drug-likeness (QED) is 0.696. The lowest BCUT2D eigenvalue weighted by molar-refractivity contribution is 0.0964. The third kappa shape index (κ3) is 5.13. The van der Waals surface area contributed by atoms with Gasteiger partial charge in [-0.15, -0.1) is 0 Å². The van der Waals surface area contributed by atoms with Gasteiger partial charge in [0.25, 0.3) is 5.91 Å². The number of carbonyl (C=O) groups is 2. The zero-order valence-corrected chi connectivity index (χ0v) is 14.2. The lowest BCUT2D eigenvalue weighted by Crippen LogP contribution is -2.40. The van der Waals surface area contributed by atoms with Gasteiger partial charge in [0.05, 0.1) is 14.2 Å². The van der Waals surface area contributed by atoms with E-state index in [2.05, 4.69) is 10.6 Å². The maximum Gasteiger partial charge on any atom is 0.321 e. The minimum atomic E-state index is -0.553. The molecule has 0 unspecified atom stereocenters. The number of nitrogens with one attached hydrogen (secondary N) is 2. The molecule has 0 saturated heterocycles. The molecule has 0 heterocycles. The number of ether oxygens (including phenoxy) is 2. The Hall–Kier alpha value is -3.22. The number of carbonyl (C=O) groups excluding carboxylic acids is 2. The summed E-state index contributed by atoms with van der Waals surface area (Å²) < 4.78 is 10.4. The van der Waals surface area contributed by atoms with Gasteiger partial charge in [-0.2, -0.15) is 0 Å². The van der Waals surface area contributed by atoms with Gasteiger partial charge in [-0.1, -0.05) is 6.07 Å². The van der Waals surface area contributed by atoms with Gasteiger partial charge in [-0.3, -0.25) is 10.1 Å². The fourth-order valence-electron chi connectivity index (χ4n) is 2.21. The molecular weight excluding hydrogens is 322 g/mol. The van der Waals surface area contributed by atoms with Gasteiger partial charge in [0.2, 0.25) is 0 Å². The molecule has 0 spiro atoms. The number of hydrogen-bond donors (Lipinski definition) is 3. The van der Waals surface area contributed by atoms with E-state index in [0.717, 1.165) is 5.56 Å². The molecular formula is C18H21N3O4. The molecule has 3 amide bonds.